The van der Waals surface area contributed by atoms with Gasteiger partial charge in [-0.05, 0) is 12.1 Å². The Bertz CT molecular complexity index is 451. The third kappa shape index (κ3) is 3.39. The Kier molecular flexibility index (Phi) is 4.39. The summed E-state index contributed by atoms with van der Waals surface area (Å²) >= 11 is 4.68. The minimum Gasteiger partial charge on any atom is -0.497 e. The Balaban J connectivity index is 2.92. The molecular formula is C11H13FN2O2S. The molecule has 0 heterocycles. The maximum Gasteiger partial charge on any atom is 0.256 e. The molecule has 0 aliphatic heterocycles. The number of halogens is 1. The summed E-state index contributed by atoms with van der Waals surface area (Å²) in [4.78, 5) is 13.3. The molecule has 0 saturated carbocycles. The van der Waals surface area contributed by atoms with Gasteiger partial charge in [-0.1, -0.05) is 12.2 Å². The third-order valence-electron chi connectivity index (χ3n) is 2.15. The van der Waals surface area contributed by atoms with Crippen molar-refractivity contribution in [3.63, 3.8) is 0 Å². The van der Waals surface area contributed by atoms with E-state index < -0.39 is 11.7 Å². The number of thiocarbonyl (C=S) groups is 1. The molecule has 0 saturated heterocycles. The molecule has 1 rings (SSSR count). The van der Waals surface area contributed by atoms with Gasteiger partial charge >= 0.3 is 0 Å². The molecule has 0 spiro atoms. The molecule has 1 aromatic rings. The highest BCUT2D eigenvalue weighted by molar-refractivity contribution is 7.80. The van der Waals surface area contributed by atoms with Crippen LogP contribution in [0.1, 0.15) is 10.4 Å². The van der Waals surface area contributed by atoms with Crippen LogP contribution in [0.5, 0.6) is 5.75 Å². The number of nitrogens with two attached hydrogens (primary N) is 1. The number of nitrogens with zero attached hydrogens (tertiary/aromatic N) is 1. The van der Waals surface area contributed by atoms with Gasteiger partial charge < -0.3 is 15.4 Å². The Labute approximate surface area is 104 Å². The van der Waals surface area contributed by atoms with Crippen LogP contribution in [0, 0.1) is 5.82 Å². The molecule has 0 unspecified atom stereocenters. The maximum absolute atomic E-state index is 13.6. The Morgan fingerprint density at radius 1 is 1.59 bits per heavy atom. The standard InChI is InChI=1S/C11H13FN2O2S/c1-14(6-10(13)17)11(15)8-4-3-7(16-2)5-9(8)12/h3-5H,6H2,1-2H3,(H2,13,17). The molecule has 4 nitrogen and oxygen atoms in total. The molecule has 0 bridgehead atoms. The van der Waals surface area contributed by atoms with E-state index in [-0.39, 0.29) is 17.1 Å². The highest BCUT2D eigenvalue weighted by atomic mass is 32.1. The summed E-state index contributed by atoms with van der Waals surface area (Å²) in [5.74, 6) is -0.752. The predicted molar refractivity (Wildman–Crippen MR) is 66.7 cm³/mol. The summed E-state index contributed by atoms with van der Waals surface area (Å²) in [5, 5.41) is 0. The SMILES string of the molecule is COc1ccc(C(=O)N(C)CC(N)=S)c(F)c1. The fourth-order valence-corrected chi connectivity index (χ4v) is 1.50. The molecule has 92 valence electrons. The minimum atomic E-state index is -0.635. The van der Waals surface area contributed by atoms with Crippen LogP contribution in [-0.4, -0.2) is 36.5 Å². The maximum atomic E-state index is 13.6. The van der Waals surface area contributed by atoms with Crippen LogP contribution in [0.25, 0.3) is 0 Å². The van der Waals surface area contributed by atoms with Crippen molar-refractivity contribution >= 4 is 23.1 Å². The zero-order valence-corrected chi connectivity index (χ0v) is 10.4. The summed E-state index contributed by atoms with van der Waals surface area (Å²) in [6.45, 7) is 0.111. The van der Waals surface area contributed by atoms with Crippen LogP contribution in [0.15, 0.2) is 18.2 Å². The molecule has 0 atom stereocenters. The van der Waals surface area contributed by atoms with E-state index >= 15 is 0 Å². The first-order chi connectivity index (χ1) is 7.95. The van der Waals surface area contributed by atoms with Gasteiger partial charge in [0.1, 0.15) is 11.6 Å². The summed E-state index contributed by atoms with van der Waals surface area (Å²) in [6.07, 6.45) is 0. The molecular weight excluding hydrogens is 243 g/mol. The van der Waals surface area contributed by atoms with Crippen molar-refractivity contribution in [3.8, 4) is 5.75 Å². The van der Waals surface area contributed by atoms with E-state index in [9.17, 15) is 9.18 Å². The smallest absolute Gasteiger partial charge is 0.256 e. The van der Waals surface area contributed by atoms with Crippen LogP contribution < -0.4 is 10.5 Å². The van der Waals surface area contributed by atoms with Gasteiger partial charge in [0.25, 0.3) is 5.91 Å². The van der Waals surface area contributed by atoms with Crippen LogP contribution in [-0.2, 0) is 0 Å². The van der Waals surface area contributed by atoms with Crippen molar-refractivity contribution < 1.29 is 13.9 Å². The van der Waals surface area contributed by atoms with Crippen LogP contribution in [0.3, 0.4) is 0 Å². The van der Waals surface area contributed by atoms with Gasteiger partial charge in [-0.3, -0.25) is 4.79 Å². The Hall–Kier alpha value is -1.69. The summed E-state index contributed by atoms with van der Waals surface area (Å²) in [5.41, 5.74) is 5.28. The largest absolute Gasteiger partial charge is 0.497 e. The lowest BCUT2D eigenvalue weighted by Crippen LogP contribution is -2.34. The topological polar surface area (TPSA) is 55.6 Å². The average molecular weight is 256 g/mol. The lowest BCUT2D eigenvalue weighted by Gasteiger charge is -2.16. The van der Waals surface area contributed by atoms with E-state index in [4.69, 9.17) is 10.5 Å². The number of hydrogen-bond acceptors (Lipinski definition) is 3. The first-order valence-electron chi connectivity index (χ1n) is 4.83. The van der Waals surface area contributed by atoms with E-state index in [1.807, 2.05) is 0 Å². The van der Waals surface area contributed by atoms with Gasteiger partial charge in [0.2, 0.25) is 0 Å². The Morgan fingerprint density at radius 2 is 2.24 bits per heavy atom. The van der Waals surface area contributed by atoms with Gasteiger partial charge in [-0.25, -0.2) is 4.39 Å². The summed E-state index contributed by atoms with van der Waals surface area (Å²) in [7, 11) is 2.93. The van der Waals surface area contributed by atoms with Crippen molar-refractivity contribution in [1.29, 1.82) is 0 Å². The van der Waals surface area contributed by atoms with Crippen molar-refractivity contribution in [2.24, 2.45) is 5.73 Å². The number of benzene rings is 1. The monoisotopic (exact) mass is 256 g/mol. The first-order valence-corrected chi connectivity index (χ1v) is 5.24. The van der Waals surface area contributed by atoms with Crippen LogP contribution in [0.4, 0.5) is 4.39 Å². The van der Waals surface area contributed by atoms with Crippen molar-refractivity contribution in [1.82, 2.24) is 4.90 Å². The predicted octanol–water partition coefficient (Wildman–Crippen LogP) is 1.19. The van der Waals surface area contributed by atoms with Gasteiger partial charge in [-0.2, -0.15) is 0 Å². The van der Waals surface area contributed by atoms with E-state index in [0.717, 1.165) is 6.07 Å². The molecule has 0 radical (unpaired) electrons. The van der Waals surface area contributed by atoms with Gasteiger partial charge in [0.05, 0.1) is 24.2 Å². The lowest BCUT2D eigenvalue weighted by atomic mass is 10.2. The number of rotatable bonds is 4. The summed E-state index contributed by atoms with van der Waals surface area (Å²) in [6, 6.07) is 4.04. The second-order valence-corrected chi connectivity index (χ2v) is 4.00. The molecule has 2 N–H and O–H groups in total. The third-order valence-corrected chi connectivity index (χ3v) is 2.28. The van der Waals surface area contributed by atoms with Crippen LogP contribution in [0.2, 0.25) is 0 Å². The fourth-order valence-electron chi connectivity index (χ4n) is 1.31. The van der Waals surface area contributed by atoms with Crippen molar-refractivity contribution in [2.45, 2.75) is 0 Å². The zero-order chi connectivity index (χ0) is 13.0. The zero-order valence-electron chi connectivity index (χ0n) is 9.57. The molecule has 6 heteroatoms. The molecule has 0 aliphatic rings. The fraction of sp³-hybridized carbons (Fsp3) is 0.273. The second kappa shape index (κ2) is 5.58. The average Bonchev–Trinajstić information content (AvgIpc) is 2.27. The van der Waals surface area contributed by atoms with E-state index in [2.05, 4.69) is 12.2 Å². The van der Waals surface area contributed by atoms with Gasteiger partial charge in [0, 0.05) is 13.1 Å². The van der Waals surface area contributed by atoms with Gasteiger partial charge in [-0.15, -0.1) is 0 Å². The minimum absolute atomic E-state index is 0.0375. The molecule has 0 aromatic heterocycles. The molecule has 1 amide bonds. The highest BCUT2D eigenvalue weighted by Gasteiger charge is 2.17. The van der Waals surface area contributed by atoms with Crippen molar-refractivity contribution in [2.75, 3.05) is 20.7 Å². The van der Waals surface area contributed by atoms with E-state index in [1.165, 1.54) is 31.2 Å². The number of carbonyl (C=O) groups is 1. The summed E-state index contributed by atoms with van der Waals surface area (Å²) < 4.78 is 18.4. The number of methoxy groups -OCH3 is 1. The number of likely N-dealkylation sites (N-methyl/N-ethyl adjacent to an activating group) is 1. The van der Waals surface area contributed by atoms with Crippen LogP contribution >= 0.6 is 12.2 Å². The quantitative estimate of drug-likeness (QED) is 0.822. The molecule has 0 aliphatic carbocycles. The van der Waals surface area contributed by atoms with Gasteiger partial charge in [0.15, 0.2) is 0 Å². The highest BCUT2D eigenvalue weighted by Crippen LogP contribution is 2.17. The molecule has 17 heavy (non-hydrogen) atoms. The van der Waals surface area contributed by atoms with Crippen molar-refractivity contribution in [3.05, 3.63) is 29.6 Å². The Morgan fingerprint density at radius 3 is 2.71 bits per heavy atom. The number of ether oxygens (including phenoxy) is 1. The number of amides is 1. The molecule has 0 fully saturated rings. The molecule has 1 aromatic carbocycles. The second-order valence-electron chi connectivity index (χ2n) is 3.47. The normalized spacial score (nSPS) is 9.82. The number of carbonyl (C=O) groups excluding carboxylic acids is 1. The van der Waals surface area contributed by atoms with E-state index in [0.29, 0.717) is 5.75 Å². The number of hydrogen-bond donors (Lipinski definition) is 1. The first kappa shape index (κ1) is 13.4. The lowest BCUT2D eigenvalue weighted by molar-refractivity contribution is 0.0810. The van der Waals surface area contributed by atoms with E-state index in [1.54, 1.807) is 0 Å².